The van der Waals surface area contributed by atoms with E-state index in [1.54, 1.807) is 0 Å². The van der Waals surface area contributed by atoms with Crippen molar-refractivity contribution in [1.82, 2.24) is 9.88 Å². The number of aryl methyl sites for hydroxylation is 1. The van der Waals surface area contributed by atoms with Gasteiger partial charge < -0.3 is 24.8 Å². The van der Waals surface area contributed by atoms with Crippen molar-refractivity contribution >= 4 is 28.2 Å². The lowest BCUT2D eigenvalue weighted by Crippen LogP contribution is -2.63. The van der Waals surface area contributed by atoms with Gasteiger partial charge >= 0.3 is 0 Å². The van der Waals surface area contributed by atoms with Crippen molar-refractivity contribution in [2.75, 3.05) is 56.3 Å². The van der Waals surface area contributed by atoms with E-state index >= 15 is 0 Å². The van der Waals surface area contributed by atoms with Crippen molar-refractivity contribution in [2.45, 2.75) is 57.7 Å². The Bertz CT molecular complexity index is 1170. The molecular formula is C28H38N4O4. The highest BCUT2D eigenvalue weighted by Crippen LogP contribution is 2.59. The number of aliphatic hydroxyl groups is 1. The molecule has 1 saturated carbocycles. The maximum Gasteiger partial charge on any atom is 0.229 e. The fraction of sp³-hybridized carbons (Fsp3) is 0.643. The topological polar surface area (TPSA) is 87.2 Å². The lowest BCUT2D eigenvalue weighted by molar-refractivity contribution is -0.118. The van der Waals surface area contributed by atoms with E-state index in [1.165, 1.54) is 11.3 Å². The Balaban J connectivity index is 1.18. The molecule has 2 N–H and O–H groups in total. The Labute approximate surface area is 212 Å². The minimum absolute atomic E-state index is 0.0789. The van der Waals surface area contributed by atoms with E-state index in [2.05, 4.69) is 53.0 Å². The van der Waals surface area contributed by atoms with Crippen LogP contribution in [-0.4, -0.2) is 84.6 Å². The smallest absolute Gasteiger partial charge is 0.229 e. The van der Waals surface area contributed by atoms with Gasteiger partial charge in [0.15, 0.2) is 0 Å². The highest BCUT2D eigenvalue weighted by molar-refractivity contribution is 5.97. The minimum Gasteiger partial charge on any atom is -0.389 e. The van der Waals surface area contributed by atoms with Crippen molar-refractivity contribution in [3.63, 3.8) is 0 Å². The normalized spacial score (nSPS) is 32.2. The highest BCUT2D eigenvalue weighted by Gasteiger charge is 2.58. The average Bonchev–Trinajstić information content (AvgIpc) is 3.44. The summed E-state index contributed by atoms with van der Waals surface area (Å²) in [5.74, 6) is 0.792. The number of pyridine rings is 1. The maximum absolute atomic E-state index is 13.0. The van der Waals surface area contributed by atoms with E-state index in [1.807, 2.05) is 12.3 Å². The molecule has 4 atom stereocenters. The van der Waals surface area contributed by atoms with Gasteiger partial charge in [-0.15, -0.1) is 0 Å². The Morgan fingerprint density at radius 1 is 1.17 bits per heavy atom. The van der Waals surface area contributed by atoms with Crippen LogP contribution in [0.15, 0.2) is 24.4 Å². The number of aromatic nitrogens is 1. The Hall–Kier alpha value is -2.26. The molecule has 0 bridgehead atoms. The molecule has 2 aromatic rings. The van der Waals surface area contributed by atoms with E-state index in [9.17, 15) is 9.90 Å². The van der Waals surface area contributed by atoms with Crippen molar-refractivity contribution in [3.8, 4) is 0 Å². The summed E-state index contributed by atoms with van der Waals surface area (Å²) < 4.78 is 11.1. The second-order valence-electron chi connectivity index (χ2n) is 11.7. The molecule has 4 fully saturated rings. The fourth-order valence-electron chi connectivity index (χ4n) is 6.67. The zero-order valence-electron chi connectivity index (χ0n) is 21.6. The molecule has 3 aliphatic heterocycles. The average molecular weight is 495 g/mol. The van der Waals surface area contributed by atoms with Crippen molar-refractivity contribution in [3.05, 3.63) is 30.0 Å². The third-order valence-corrected chi connectivity index (χ3v) is 9.33. The number of rotatable bonds is 4. The van der Waals surface area contributed by atoms with Crippen molar-refractivity contribution in [1.29, 1.82) is 0 Å². The van der Waals surface area contributed by atoms with Crippen LogP contribution in [0.4, 0.5) is 11.5 Å². The Morgan fingerprint density at radius 3 is 2.69 bits per heavy atom. The quantitative estimate of drug-likeness (QED) is 0.676. The molecule has 1 aromatic carbocycles. The summed E-state index contributed by atoms with van der Waals surface area (Å²) in [4.78, 5) is 22.4. The predicted octanol–water partition coefficient (Wildman–Crippen LogP) is 2.96. The van der Waals surface area contributed by atoms with Crippen molar-refractivity contribution in [2.24, 2.45) is 11.3 Å². The number of piperazine rings is 1. The van der Waals surface area contributed by atoms with E-state index in [4.69, 9.17) is 9.47 Å². The van der Waals surface area contributed by atoms with Crippen LogP contribution in [0, 0.1) is 18.3 Å². The molecule has 0 unspecified atom stereocenters. The number of carbonyl (C=O) groups excluding carboxylic acids is 1. The number of carbonyl (C=O) groups is 1. The SMILES string of the molecule is Cc1cc2cnc(NC(=O)[C@H]3CC34CCOCC4)cc2cc1N1CCN([C@@]2(C)COC[C@H]2O)C[C@@H]1C. The molecule has 8 nitrogen and oxygen atoms in total. The molecule has 1 aliphatic carbocycles. The monoisotopic (exact) mass is 494 g/mol. The first kappa shape index (κ1) is 24.1. The molecule has 8 heteroatoms. The molecule has 1 spiro atoms. The van der Waals surface area contributed by atoms with Crippen LogP contribution in [0.1, 0.15) is 38.7 Å². The van der Waals surface area contributed by atoms with Crippen LogP contribution < -0.4 is 10.2 Å². The Kier molecular flexibility index (Phi) is 5.98. The van der Waals surface area contributed by atoms with E-state index in [0.29, 0.717) is 25.1 Å². The third-order valence-electron chi connectivity index (χ3n) is 9.33. The molecule has 194 valence electrons. The van der Waals surface area contributed by atoms with Gasteiger partial charge in [0.2, 0.25) is 5.91 Å². The van der Waals surface area contributed by atoms with Gasteiger partial charge in [-0.2, -0.15) is 0 Å². The molecule has 4 aliphatic rings. The standard InChI is InChI=1S/C28H38N4O4/c1-18-10-21-14-29-25(30-26(34)22-13-28(22)4-8-35-9-5-28)12-20(21)11-23(18)32-7-6-31(15-19(32)2)27(3)17-36-16-24(27)33/h10-12,14,19,22,24,33H,4-9,13,15-17H2,1-3H3,(H,29,30,34)/t19-,22+,24+,27-/m0/s1. The number of fused-ring (bicyclic) bond motifs is 1. The Morgan fingerprint density at radius 2 is 1.97 bits per heavy atom. The summed E-state index contributed by atoms with van der Waals surface area (Å²) >= 11 is 0. The van der Waals surface area contributed by atoms with E-state index < -0.39 is 6.10 Å². The molecule has 0 radical (unpaired) electrons. The number of ether oxygens (including phenoxy) is 2. The summed E-state index contributed by atoms with van der Waals surface area (Å²) in [7, 11) is 0. The molecule has 1 aromatic heterocycles. The zero-order chi connectivity index (χ0) is 25.1. The lowest BCUT2D eigenvalue weighted by atomic mass is 9.93. The van der Waals surface area contributed by atoms with Crippen LogP contribution in [0.5, 0.6) is 0 Å². The largest absolute Gasteiger partial charge is 0.389 e. The van der Waals surface area contributed by atoms with Crippen LogP contribution >= 0.6 is 0 Å². The second-order valence-corrected chi connectivity index (χ2v) is 11.7. The van der Waals surface area contributed by atoms with Crippen LogP contribution in [0.25, 0.3) is 10.8 Å². The predicted molar refractivity (Wildman–Crippen MR) is 139 cm³/mol. The third kappa shape index (κ3) is 4.08. The van der Waals surface area contributed by atoms with Gasteiger partial charge in [-0.05, 0) is 74.6 Å². The number of aliphatic hydroxyl groups excluding tert-OH is 1. The van der Waals surface area contributed by atoms with Gasteiger partial charge in [-0.1, -0.05) is 0 Å². The van der Waals surface area contributed by atoms with Gasteiger partial charge in [-0.25, -0.2) is 4.98 Å². The van der Waals surface area contributed by atoms with Crippen molar-refractivity contribution < 1.29 is 19.4 Å². The van der Waals surface area contributed by atoms with E-state index in [0.717, 1.165) is 62.9 Å². The summed E-state index contributed by atoms with van der Waals surface area (Å²) in [5, 5.41) is 15.8. The number of hydrogen-bond acceptors (Lipinski definition) is 7. The summed E-state index contributed by atoms with van der Waals surface area (Å²) in [6.45, 7) is 11.7. The van der Waals surface area contributed by atoms with Gasteiger partial charge in [0, 0.05) is 62.1 Å². The van der Waals surface area contributed by atoms with Gasteiger partial charge in [0.25, 0.3) is 0 Å². The van der Waals surface area contributed by atoms with Gasteiger partial charge in [-0.3, -0.25) is 9.69 Å². The van der Waals surface area contributed by atoms with E-state index in [-0.39, 0.29) is 22.8 Å². The van der Waals surface area contributed by atoms with Crippen LogP contribution in [0.3, 0.4) is 0 Å². The number of benzene rings is 1. The summed E-state index contributed by atoms with van der Waals surface area (Å²) in [5.41, 5.74) is 2.27. The lowest BCUT2D eigenvalue weighted by Gasteiger charge is -2.48. The highest BCUT2D eigenvalue weighted by atomic mass is 16.5. The summed E-state index contributed by atoms with van der Waals surface area (Å²) in [6, 6.07) is 6.73. The molecule has 4 heterocycles. The zero-order valence-corrected chi connectivity index (χ0v) is 21.6. The molecular weight excluding hydrogens is 456 g/mol. The number of anilines is 2. The summed E-state index contributed by atoms with van der Waals surface area (Å²) in [6.07, 6.45) is 4.34. The molecule has 1 amide bonds. The fourth-order valence-corrected chi connectivity index (χ4v) is 6.67. The number of amides is 1. The molecule has 3 saturated heterocycles. The van der Waals surface area contributed by atoms with Crippen LogP contribution in [-0.2, 0) is 14.3 Å². The minimum atomic E-state index is -0.447. The molecule has 36 heavy (non-hydrogen) atoms. The first-order valence-corrected chi connectivity index (χ1v) is 13.4. The van der Waals surface area contributed by atoms with Crippen LogP contribution in [0.2, 0.25) is 0 Å². The first-order chi connectivity index (χ1) is 17.3. The number of nitrogens with one attached hydrogen (secondary N) is 1. The second kappa shape index (κ2) is 8.94. The molecule has 6 rings (SSSR count). The van der Waals surface area contributed by atoms with Gasteiger partial charge in [0.05, 0.1) is 24.9 Å². The van der Waals surface area contributed by atoms with Gasteiger partial charge in [0.1, 0.15) is 5.82 Å². The number of nitrogens with zero attached hydrogens (tertiary/aromatic N) is 3. The maximum atomic E-state index is 13.0. The first-order valence-electron chi connectivity index (χ1n) is 13.4. The number of hydrogen-bond donors (Lipinski definition) is 2.